The number of aliphatic carboxylic acids is 1. The first-order valence-electron chi connectivity index (χ1n) is 10.9. The summed E-state index contributed by atoms with van der Waals surface area (Å²) in [6.07, 6.45) is 1.03. The summed E-state index contributed by atoms with van der Waals surface area (Å²) in [5.41, 5.74) is 7.84. The van der Waals surface area contributed by atoms with Gasteiger partial charge in [0.05, 0.1) is 6.61 Å². The molecule has 33 heavy (non-hydrogen) atoms. The predicted molar refractivity (Wildman–Crippen MR) is 129 cm³/mol. The van der Waals surface area contributed by atoms with Crippen molar-refractivity contribution in [3.05, 3.63) is 76.5 Å². The van der Waals surface area contributed by atoms with Crippen LogP contribution in [0.15, 0.2) is 54.6 Å². The third-order valence-corrected chi connectivity index (χ3v) is 6.19. The van der Waals surface area contributed by atoms with Gasteiger partial charge in [-0.2, -0.15) is 0 Å². The molecule has 0 aliphatic carbocycles. The molecular weight excluding hydrogens is 420 g/mol. The summed E-state index contributed by atoms with van der Waals surface area (Å²) in [5, 5.41) is 36.6. The molecule has 2 atom stereocenters. The number of fused-ring (bicyclic) bond motifs is 2. The maximum Gasteiger partial charge on any atom is 0.363 e. The van der Waals surface area contributed by atoms with Crippen LogP contribution in [0.4, 0.5) is 5.69 Å². The molecule has 0 saturated carbocycles. The zero-order chi connectivity index (χ0) is 23.6. The number of benzene rings is 3. The number of amidine groups is 1. The van der Waals surface area contributed by atoms with Gasteiger partial charge in [0.25, 0.3) is 0 Å². The minimum Gasteiger partial charge on any atom is -0.626 e. The van der Waals surface area contributed by atoms with E-state index in [0.717, 1.165) is 35.1 Å². The van der Waals surface area contributed by atoms with Gasteiger partial charge in [-0.05, 0) is 42.9 Å². The number of hydrogen-bond donors (Lipinski definition) is 4. The van der Waals surface area contributed by atoms with Gasteiger partial charge in [-0.3, -0.25) is 5.41 Å². The zero-order valence-corrected chi connectivity index (χ0v) is 18.5. The average Bonchev–Trinajstić information content (AvgIpc) is 3.08. The largest absolute Gasteiger partial charge is 0.626 e. The lowest BCUT2D eigenvalue weighted by atomic mass is 10.0. The number of hydroxylamine groups is 2. The minimum absolute atomic E-state index is 0.0367. The molecule has 0 fully saturated rings. The molecule has 8 heteroatoms. The maximum absolute atomic E-state index is 14.2. The highest BCUT2D eigenvalue weighted by molar-refractivity contribution is 5.96. The highest BCUT2D eigenvalue weighted by Gasteiger charge is 2.45. The first kappa shape index (κ1) is 22.7. The van der Waals surface area contributed by atoms with E-state index in [1.807, 2.05) is 43.4 Å². The molecule has 2 unspecified atom stereocenters. The van der Waals surface area contributed by atoms with Crippen LogP contribution in [0.2, 0.25) is 0 Å². The van der Waals surface area contributed by atoms with Crippen LogP contribution in [-0.2, 0) is 17.8 Å². The molecule has 4 rings (SSSR count). The van der Waals surface area contributed by atoms with Crippen LogP contribution >= 0.6 is 0 Å². The predicted octanol–water partition coefficient (Wildman–Crippen LogP) is 3.13. The van der Waals surface area contributed by atoms with Gasteiger partial charge in [0.15, 0.2) is 6.04 Å². The summed E-state index contributed by atoms with van der Waals surface area (Å²) in [6.45, 7) is 1.44. The fourth-order valence-corrected chi connectivity index (χ4v) is 4.49. The molecule has 1 aliphatic rings. The molecule has 3 aromatic carbocycles. The lowest BCUT2D eigenvalue weighted by Gasteiger charge is -2.42. The fraction of sp³-hybridized carbons (Fsp3) is 0.280. The van der Waals surface area contributed by atoms with Crippen molar-refractivity contribution in [2.45, 2.75) is 25.4 Å². The van der Waals surface area contributed by atoms with Crippen molar-refractivity contribution in [2.24, 2.45) is 5.73 Å². The van der Waals surface area contributed by atoms with Crippen LogP contribution in [0.5, 0.6) is 5.75 Å². The third-order valence-electron chi connectivity index (χ3n) is 6.19. The standard InChI is InChI=1S/C25H28N4O4/c1-28-10-3-11-33-20-8-9-21-16(12-20)4-2-5-19(21)15-29(32)22-14-18(24(26)27)7-6-17(22)13-23(29)25(30)31/h2,4-9,12,14,23,28H,3,10-11,13,15H2,1H3,(H3,26,27)(H,30,31). The minimum atomic E-state index is -1.16. The van der Waals surface area contributed by atoms with Crippen LogP contribution in [0.1, 0.15) is 23.1 Å². The summed E-state index contributed by atoms with van der Waals surface area (Å²) < 4.78 is 4.80. The lowest BCUT2D eigenvalue weighted by molar-refractivity contribution is -0.141. The van der Waals surface area contributed by atoms with Crippen molar-refractivity contribution in [2.75, 3.05) is 20.2 Å². The highest BCUT2D eigenvalue weighted by Crippen LogP contribution is 2.41. The number of carboxylic acid groups (broad SMARTS) is 1. The van der Waals surface area contributed by atoms with E-state index in [1.165, 1.54) is 0 Å². The van der Waals surface area contributed by atoms with E-state index in [9.17, 15) is 15.1 Å². The number of quaternary nitrogens is 1. The molecule has 1 heterocycles. The second kappa shape index (κ2) is 9.19. The summed E-state index contributed by atoms with van der Waals surface area (Å²) in [5.74, 6) is -0.540. The second-order valence-electron chi connectivity index (χ2n) is 8.37. The van der Waals surface area contributed by atoms with Gasteiger partial charge in [-0.25, -0.2) is 4.79 Å². The van der Waals surface area contributed by atoms with E-state index >= 15 is 0 Å². The van der Waals surface area contributed by atoms with Crippen molar-refractivity contribution < 1.29 is 14.6 Å². The Morgan fingerprint density at radius 1 is 1.27 bits per heavy atom. The lowest BCUT2D eigenvalue weighted by Crippen LogP contribution is -2.52. The van der Waals surface area contributed by atoms with Gasteiger partial charge < -0.3 is 30.7 Å². The molecule has 0 spiro atoms. The van der Waals surface area contributed by atoms with E-state index in [2.05, 4.69) is 5.32 Å². The highest BCUT2D eigenvalue weighted by atomic mass is 16.6. The quantitative estimate of drug-likeness (QED) is 0.131. The molecule has 0 saturated heterocycles. The van der Waals surface area contributed by atoms with E-state index < -0.39 is 16.7 Å². The number of hydrogen-bond acceptors (Lipinski definition) is 5. The number of carboxylic acids is 1. The SMILES string of the molecule is CNCCCOc1ccc2c(C[N+]3([O-])c4cc(C(=N)N)ccc4CC3C(=O)O)cccc2c1. The number of rotatable bonds is 9. The number of ether oxygens (including phenoxy) is 1. The molecule has 5 N–H and O–H groups in total. The Kier molecular flexibility index (Phi) is 6.33. The Morgan fingerprint density at radius 3 is 2.82 bits per heavy atom. The third kappa shape index (κ3) is 4.41. The summed E-state index contributed by atoms with van der Waals surface area (Å²) >= 11 is 0. The van der Waals surface area contributed by atoms with Crippen LogP contribution in [0.25, 0.3) is 10.8 Å². The van der Waals surface area contributed by atoms with Crippen molar-refractivity contribution in [3.8, 4) is 5.75 Å². The van der Waals surface area contributed by atoms with Gasteiger partial charge in [-0.15, -0.1) is 0 Å². The molecule has 0 radical (unpaired) electrons. The number of nitrogens with two attached hydrogens (primary N) is 1. The molecule has 3 aromatic rings. The van der Waals surface area contributed by atoms with Crippen molar-refractivity contribution >= 4 is 28.3 Å². The first-order chi connectivity index (χ1) is 15.8. The summed E-state index contributed by atoms with van der Waals surface area (Å²) in [7, 11) is 1.90. The molecule has 0 aromatic heterocycles. The average molecular weight is 449 g/mol. The number of carbonyl (C=O) groups is 1. The molecular formula is C25H28N4O4. The van der Waals surface area contributed by atoms with Gasteiger partial charge in [0.2, 0.25) is 0 Å². The monoisotopic (exact) mass is 448 g/mol. The Hall–Kier alpha value is -3.46. The molecule has 1 aliphatic heterocycles. The topological polar surface area (TPSA) is 131 Å². The first-order valence-corrected chi connectivity index (χ1v) is 10.9. The molecule has 0 amide bonds. The van der Waals surface area contributed by atoms with Gasteiger partial charge in [0.1, 0.15) is 23.8 Å². The molecule has 8 nitrogen and oxygen atoms in total. The molecule has 172 valence electrons. The number of nitrogens with zero attached hydrogens (tertiary/aromatic N) is 1. The number of nitrogens with one attached hydrogen (secondary N) is 2. The van der Waals surface area contributed by atoms with Crippen molar-refractivity contribution in [1.82, 2.24) is 9.96 Å². The second-order valence-corrected chi connectivity index (χ2v) is 8.37. The number of nitrogen functional groups attached to an aromatic ring is 1. The Morgan fingerprint density at radius 2 is 2.09 bits per heavy atom. The van der Waals surface area contributed by atoms with Gasteiger partial charge in [0, 0.05) is 29.2 Å². The Bertz CT molecular complexity index is 1210. The summed E-state index contributed by atoms with van der Waals surface area (Å²) in [4.78, 5) is 12.0. The van der Waals surface area contributed by atoms with Crippen molar-refractivity contribution in [3.63, 3.8) is 0 Å². The smallest absolute Gasteiger partial charge is 0.363 e. The van der Waals surface area contributed by atoms with Crippen LogP contribution in [0, 0.1) is 10.6 Å². The fourth-order valence-electron chi connectivity index (χ4n) is 4.49. The van der Waals surface area contributed by atoms with Crippen molar-refractivity contribution in [1.29, 1.82) is 5.41 Å². The van der Waals surface area contributed by atoms with E-state index in [0.29, 0.717) is 23.4 Å². The Labute approximate surface area is 192 Å². The maximum atomic E-state index is 14.2. The zero-order valence-electron chi connectivity index (χ0n) is 18.5. The Balaban J connectivity index is 1.69. The normalized spacial score (nSPS) is 19.4. The molecule has 0 bridgehead atoms. The van der Waals surface area contributed by atoms with E-state index in [-0.39, 0.29) is 18.8 Å². The van der Waals surface area contributed by atoms with Crippen LogP contribution < -0.4 is 20.4 Å². The van der Waals surface area contributed by atoms with Crippen LogP contribution in [0.3, 0.4) is 0 Å². The van der Waals surface area contributed by atoms with Crippen LogP contribution in [-0.4, -0.2) is 43.2 Å². The van der Waals surface area contributed by atoms with E-state index in [1.54, 1.807) is 18.2 Å². The van der Waals surface area contributed by atoms with Gasteiger partial charge >= 0.3 is 5.97 Å². The van der Waals surface area contributed by atoms with Gasteiger partial charge in [-0.1, -0.05) is 36.4 Å². The van der Waals surface area contributed by atoms with E-state index in [4.69, 9.17) is 15.9 Å². The summed E-state index contributed by atoms with van der Waals surface area (Å²) in [6, 6.07) is 15.2.